The normalized spacial score (nSPS) is 11.3. The first-order valence-corrected chi connectivity index (χ1v) is 14.3. The van der Waals surface area contributed by atoms with Crippen LogP contribution >= 0.6 is 0 Å². The van der Waals surface area contributed by atoms with Crippen LogP contribution in [0.3, 0.4) is 0 Å². The van der Waals surface area contributed by atoms with Crippen LogP contribution in [-0.2, 0) is 0 Å². The number of rotatable bonds is 5. The average Bonchev–Trinajstić information content (AvgIpc) is 3.48. The molecule has 0 N–H and O–H groups in total. The molecule has 0 spiro atoms. The Balaban J connectivity index is 1.31. The zero-order chi connectivity index (χ0) is 28.6. The van der Waals surface area contributed by atoms with Crippen molar-refractivity contribution in [2.75, 3.05) is 0 Å². The van der Waals surface area contributed by atoms with Crippen molar-refractivity contribution in [2.45, 2.75) is 0 Å². The van der Waals surface area contributed by atoms with Crippen LogP contribution < -0.4 is 0 Å². The van der Waals surface area contributed by atoms with Crippen molar-refractivity contribution >= 4 is 21.9 Å². The van der Waals surface area contributed by atoms with E-state index in [1.165, 1.54) is 5.56 Å². The lowest BCUT2D eigenvalue weighted by molar-refractivity contribution is 0.669. The van der Waals surface area contributed by atoms with Crippen molar-refractivity contribution in [3.63, 3.8) is 0 Å². The summed E-state index contributed by atoms with van der Waals surface area (Å²) in [4.78, 5) is 15.1. The van der Waals surface area contributed by atoms with Crippen LogP contribution in [0.5, 0.6) is 0 Å². The molecule has 6 aromatic carbocycles. The van der Waals surface area contributed by atoms with Crippen LogP contribution in [-0.4, -0.2) is 15.0 Å². The second kappa shape index (κ2) is 10.5. The van der Waals surface area contributed by atoms with Gasteiger partial charge in [0, 0.05) is 21.9 Å². The van der Waals surface area contributed by atoms with Gasteiger partial charge in [-0.2, -0.15) is 0 Å². The molecule has 0 aliphatic heterocycles. The molecule has 0 saturated carbocycles. The Hall–Kier alpha value is -5.87. The van der Waals surface area contributed by atoms with Crippen molar-refractivity contribution in [1.82, 2.24) is 15.0 Å². The number of para-hydroxylation sites is 2. The van der Waals surface area contributed by atoms with Gasteiger partial charge in [0.15, 0.2) is 17.5 Å². The lowest BCUT2D eigenvalue weighted by Crippen LogP contribution is -2.00. The van der Waals surface area contributed by atoms with Gasteiger partial charge in [0.2, 0.25) is 0 Å². The number of benzene rings is 6. The molecule has 0 aliphatic rings. The Kier molecular flexibility index (Phi) is 6.08. The monoisotopic (exact) mass is 551 g/mol. The minimum atomic E-state index is 0.571. The molecule has 2 heterocycles. The summed E-state index contributed by atoms with van der Waals surface area (Å²) in [6.45, 7) is 0. The molecule has 0 bridgehead atoms. The number of nitrogens with zero attached hydrogens (tertiary/aromatic N) is 3. The number of hydrogen-bond donors (Lipinski definition) is 0. The summed E-state index contributed by atoms with van der Waals surface area (Å²) in [5.74, 6) is 1.79. The molecule has 8 rings (SSSR count). The highest BCUT2D eigenvalue weighted by atomic mass is 16.3. The quantitative estimate of drug-likeness (QED) is 0.214. The highest BCUT2D eigenvalue weighted by molar-refractivity contribution is 6.09. The van der Waals surface area contributed by atoms with Gasteiger partial charge >= 0.3 is 0 Å². The van der Waals surface area contributed by atoms with E-state index < -0.39 is 0 Å². The first-order valence-electron chi connectivity index (χ1n) is 14.3. The second-order valence-corrected chi connectivity index (χ2v) is 10.5. The van der Waals surface area contributed by atoms with E-state index in [0.29, 0.717) is 17.5 Å². The van der Waals surface area contributed by atoms with Crippen molar-refractivity contribution in [3.8, 4) is 56.4 Å². The molecule has 0 fully saturated rings. The number of aromatic nitrogens is 3. The van der Waals surface area contributed by atoms with Gasteiger partial charge in [-0.3, -0.25) is 0 Å². The Labute approximate surface area is 249 Å². The maximum absolute atomic E-state index is 6.37. The molecule has 202 valence electrons. The maximum atomic E-state index is 6.37. The van der Waals surface area contributed by atoms with Gasteiger partial charge in [-0.1, -0.05) is 133 Å². The molecule has 43 heavy (non-hydrogen) atoms. The van der Waals surface area contributed by atoms with Gasteiger partial charge in [0.25, 0.3) is 0 Å². The van der Waals surface area contributed by atoms with Gasteiger partial charge in [-0.25, -0.2) is 15.0 Å². The van der Waals surface area contributed by atoms with Crippen LogP contribution in [0.25, 0.3) is 78.4 Å². The predicted molar refractivity (Wildman–Crippen MR) is 174 cm³/mol. The van der Waals surface area contributed by atoms with Crippen LogP contribution in [0, 0.1) is 0 Å². The summed E-state index contributed by atoms with van der Waals surface area (Å²) in [6, 6.07) is 51.7. The standard InChI is InChI=1S/C39H25N3O/c1-3-11-26(12-4-1)28-21-23-29(24-22-28)37-40-38(31-16-9-15-30(25-31)27-13-5-2-6-14-27)42-39(41-37)34-19-10-18-33-32-17-7-8-20-35(32)43-36(33)34/h1-25H. The topological polar surface area (TPSA) is 51.8 Å². The molecular formula is C39H25N3O. The Bertz CT molecular complexity index is 2220. The molecule has 0 radical (unpaired) electrons. The summed E-state index contributed by atoms with van der Waals surface area (Å²) < 4.78 is 6.37. The minimum absolute atomic E-state index is 0.571. The van der Waals surface area contributed by atoms with Crippen LogP contribution in [0.4, 0.5) is 0 Å². The van der Waals surface area contributed by atoms with Crippen molar-refractivity contribution in [2.24, 2.45) is 0 Å². The van der Waals surface area contributed by atoms with Gasteiger partial charge < -0.3 is 4.42 Å². The lowest BCUT2D eigenvalue weighted by atomic mass is 10.0. The van der Waals surface area contributed by atoms with Crippen LogP contribution in [0.2, 0.25) is 0 Å². The summed E-state index contributed by atoms with van der Waals surface area (Å²) >= 11 is 0. The third kappa shape index (κ3) is 4.65. The van der Waals surface area contributed by atoms with E-state index in [0.717, 1.165) is 55.3 Å². The van der Waals surface area contributed by atoms with Gasteiger partial charge in [0.1, 0.15) is 11.2 Å². The van der Waals surface area contributed by atoms with E-state index >= 15 is 0 Å². The Morgan fingerprint density at radius 1 is 0.349 bits per heavy atom. The molecule has 0 aliphatic carbocycles. The van der Waals surface area contributed by atoms with Gasteiger partial charge in [0.05, 0.1) is 5.56 Å². The summed E-state index contributed by atoms with van der Waals surface area (Å²) in [5.41, 5.74) is 8.83. The molecule has 8 aromatic rings. The number of fused-ring (bicyclic) bond motifs is 3. The fraction of sp³-hybridized carbons (Fsp3) is 0. The van der Waals surface area contributed by atoms with E-state index in [2.05, 4.69) is 97.1 Å². The molecule has 0 amide bonds. The van der Waals surface area contributed by atoms with Crippen molar-refractivity contribution in [3.05, 3.63) is 152 Å². The summed E-state index contributed by atoms with van der Waals surface area (Å²) in [7, 11) is 0. The Morgan fingerprint density at radius 2 is 0.860 bits per heavy atom. The zero-order valence-corrected chi connectivity index (χ0v) is 23.2. The second-order valence-electron chi connectivity index (χ2n) is 10.5. The maximum Gasteiger partial charge on any atom is 0.167 e. The van der Waals surface area contributed by atoms with E-state index in [4.69, 9.17) is 19.4 Å². The van der Waals surface area contributed by atoms with E-state index in [-0.39, 0.29) is 0 Å². The summed E-state index contributed by atoms with van der Waals surface area (Å²) in [6.07, 6.45) is 0. The summed E-state index contributed by atoms with van der Waals surface area (Å²) in [5, 5.41) is 2.11. The SMILES string of the molecule is c1ccc(-c2ccc(-c3nc(-c4cccc(-c5ccccc5)c4)nc(-c4cccc5c4oc4ccccc45)n3)cc2)cc1. The molecule has 4 nitrogen and oxygen atoms in total. The minimum Gasteiger partial charge on any atom is -0.455 e. The van der Waals surface area contributed by atoms with Crippen LogP contribution in [0.1, 0.15) is 0 Å². The average molecular weight is 552 g/mol. The highest BCUT2D eigenvalue weighted by Gasteiger charge is 2.18. The fourth-order valence-corrected chi connectivity index (χ4v) is 5.59. The number of hydrogen-bond acceptors (Lipinski definition) is 4. The van der Waals surface area contributed by atoms with Crippen LogP contribution in [0.15, 0.2) is 156 Å². The van der Waals surface area contributed by atoms with Gasteiger partial charge in [-0.15, -0.1) is 0 Å². The number of furan rings is 1. The fourth-order valence-electron chi connectivity index (χ4n) is 5.59. The first kappa shape index (κ1) is 24.9. The van der Waals surface area contributed by atoms with Crippen molar-refractivity contribution < 1.29 is 4.42 Å². The Morgan fingerprint density at radius 3 is 1.63 bits per heavy atom. The highest BCUT2D eigenvalue weighted by Crippen LogP contribution is 2.36. The van der Waals surface area contributed by atoms with Gasteiger partial charge in [-0.05, 0) is 40.5 Å². The van der Waals surface area contributed by atoms with Crippen molar-refractivity contribution in [1.29, 1.82) is 0 Å². The first-order chi connectivity index (χ1) is 21.3. The predicted octanol–water partition coefficient (Wildman–Crippen LogP) is 10.1. The molecule has 2 aromatic heterocycles. The van der Waals surface area contributed by atoms with E-state index in [1.54, 1.807) is 0 Å². The molecule has 0 atom stereocenters. The molecule has 0 unspecified atom stereocenters. The zero-order valence-electron chi connectivity index (χ0n) is 23.2. The third-order valence-corrected chi connectivity index (χ3v) is 7.76. The molecular weight excluding hydrogens is 526 g/mol. The molecule has 4 heteroatoms. The lowest BCUT2D eigenvalue weighted by Gasteiger charge is -2.10. The largest absolute Gasteiger partial charge is 0.455 e. The third-order valence-electron chi connectivity index (χ3n) is 7.76. The smallest absolute Gasteiger partial charge is 0.167 e. The molecule has 0 saturated heterocycles. The van der Waals surface area contributed by atoms with E-state index in [1.807, 2.05) is 54.6 Å². The van der Waals surface area contributed by atoms with E-state index in [9.17, 15) is 0 Å².